The Labute approximate surface area is 163 Å². The van der Waals surface area contributed by atoms with Gasteiger partial charge in [0.25, 0.3) is 0 Å². The zero-order valence-electron chi connectivity index (χ0n) is 17.3. The van der Waals surface area contributed by atoms with Crippen LogP contribution in [0, 0.1) is 6.42 Å². The summed E-state index contributed by atoms with van der Waals surface area (Å²) in [5.74, 6) is 0. The van der Waals surface area contributed by atoms with Crippen molar-refractivity contribution in [2.45, 2.75) is 147 Å². The van der Waals surface area contributed by atoms with Gasteiger partial charge in [0.15, 0.2) is 0 Å². The number of hydrogen-bond donors (Lipinski definition) is 0. The Hall–Kier alpha value is -0.0800. The average Bonchev–Trinajstić information content (AvgIpc) is 2.65. The fourth-order valence-corrected chi connectivity index (χ4v) is 4.61. The minimum Gasteiger partial charge on any atom is -0.375 e. The second-order valence-electron chi connectivity index (χ2n) is 8.84. The van der Waals surface area contributed by atoms with E-state index in [0.29, 0.717) is 12.2 Å². The molecule has 0 bridgehead atoms. The summed E-state index contributed by atoms with van der Waals surface area (Å²) in [4.78, 5) is 0. The highest BCUT2D eigenvalue weighted by molar-refractivity contribution is 4.83. The van der Waals surface area contributed by atoms with Crippen LogP contribution in [0.15, 0.2) is 0 Å². The summed E-state index contributed by atoms with van der Waals surface area (Å²) < 4.78 is 6.49. The van der Waals surface area contributed by atoms with Gasteiger partial charge in [0, 0.05) is 0 Å². The SMILES string of the molecule is [O]C1CCCCCCCCC(OC2[CH]CCCC2)CCCCCCCC1. The first kappa shape index (κ1) is 22.2. The molecule has 2 radical (unpaired) electrons. The molecule has 0 aliphatic heterocycles. The Morgan fingerprint density at radius 3 is 1.50 bits per heavy atom. The van der Waals surface area contributed by atoms with Gasteiger partial charge in [0.05, 0.1) is 18.3 Å². The molecule has 0 heterocycles. The normalized spacial score (nSPS) is 30.3. The van der Waals surface area contributed by atoms with Crippen molar-refractivity contribution in [3.05, 3.63) is 6.42 Å². The van der Waals surface area contributed by atoms with Gasteiger partial charge in [0.2, 0.25) is 0 Å². The molecule has 26 heavy (non-hydrogen) atoms. The van der Waals surface area contributed by atoms with Crippen molar-refractivity contribution in [2.75, 3.05) is 0 Å². The molecule has 0 N–H and O–H groups in total. The Kier molecular flexibility index (Phi) is 12.7. The first-order valence-corrected chi connectivity index (χ1v) is 12.0. The van der Waals surface area contributed by atoms with E-state index in [1.807, 2.05) is 0 Å². The lowest BCUT2D eigenvalue weighted by molar-refractivity contribution is -0.0175. The standard InChI is InChI=1S/C24H44O2/c25-22-16-10-5-1-3-7-12-18-23(26-24-20-14-9-15-21-24)19-13-8-4-2-6-11-17-22/h20,22-24H,1-19,21H2. The van der Waals surface area contributed by atoms with Crippen LogP contribution in [0.4, 0.5) is 0 Å². The molecule has 1 unspecified atom stereocenters. The van der Waals surface area contributed by atoms with Crippen LogP contribution >= 0.6 is 0 Å². The van der Waals surface area contributed by atoms with Crippen LogP contribution in [0.3, 0.4) is 0 Å². The van der Waals surface area contributed by atoms with Crippen molar-refractivity contribution in [1.82, 2.24) is 0 Å². The van der Waals surface area contributed by atoms with E-state index in [1.54, 1.807) is 0 Å². The van der Waals surface area contributed by atoms with E-state index < -0.39 is 0 Å². The lowest BCUT2D eigenvalue weighted by Crippen LogP contribution is -2.25. The van der Waals surface area contributed by atoms with Gasteiger partial charge in [-0.2, -0.15) is 0 Å². The van der Waals surface area contributed by atoms with Crippen molar-refractivity contribution >= 4 is 0 Å². The predicted molar refractivity (Wildman–Crippen MR) is 110 cm³/mol. The molecule has 2 aliphatic rings. The van der Waals surface area contributed by atoms with E-state index in [9.17, 15) is 5.11 Å². The third kappa shape index (κ3) is 10.9. The van der Waals surface area contributed by atoms with Crippen molar-refractivity contribution in [3.8, 4) is 0 Å². The molecule has 0 aromatic rings. The van der Waals surface area contributed by atoms with Gasteiger partial charge in [-0.15, -0.1) is 0 Å². The summed E-state index contributed by atoms with van der Waals surface area (Å²) in [7, 11) is 0. The minimum atomic E-state index is -0.289. The second-order valence-corrected chi connectivity index (χ2v) is 8.84. The van der Waals surface area contributed by atoms with Crippen molar-refractivity contribution in [2.24, 2.45) is 0 Å². The quantitative estimate of drug-likeness (QED) is 0.496. The molecular formula is C24H44O2. The molecule has 0 aromatic heterocycles. The van der Waals surface area contributed by atoms with E-state index in [0.717, 1.165) is 25.7 Å². The fourth-order valence-electron chi connectivity index (χ4n) is 4.61. The summed E-state index contributed by atoms with van der Waals surface area (Å²) in [5, 5.41) is 11.9. The van der Waals surface area contributed by atoms with E-state index >= 15 is 0 Å². The molecule has 0 amide bonds. The molecule has 1 atom stereocenters. The summed E-state index contributed by atoms with van der Waals surface area (Å²) >= 11 is 0. The van der Waals surface area contributed by atoms with Crippen LogP contribution in [0.5, 0.6) is 0 Å². The molecular weight excluding hydrogens is 320 g/mol. The summed E-state index contributed by atoms with van der Waals surface area (Å²) in [6, 6.07) is 0. The predicted octanol–water partition coefficient (Wildman–Crippen LogP) is 7.57. The Balaban J connectivity index is 1.69. The van der Waals surface area contributed by atoms with Gasteiger partial charge >= 0.3 is 0 Å². The van der Waals surface area contributed by atoms with Crippen LogP contribution in [0.1, 0.15) is 128 Å². The van der Waals surface area contributed by atoms with Crippen molar-refractivity contribution in [3.63, 3.8) is 0 Å². The van der Waals surface area contributed by atoms with Crippen LogP contribution in [0.2, 0.25) is 0 Å². The van der Waals surface area contributed by atoms with E-state index in [-0.39, 0.29) is 6.10 Å². The van der Waals surface area contributed by atoms with Crippen LogP contribution in [-0.4, -0.2) is 18.3 Å². The van der Waals surface area contributed by atoms with Gasteiger partial charge in [-0.3, -0.25) is 0 Å². The molecule has 0 saturated heterocycles. The molecule has 2 saturated carbocycles. The topological polar surface area (TPSA) is 29.1 Å². The lowest BCUT2D eigenvalue weighted by atomic mass is 9.96. The molecule has 0 aromatic carbocycles. The Morgan fingerprint density at radius 1 is 0.538 bits per heavy atom. The average molecular weight is 365 g/mol. The van der Waals surface area contributed by atoms with Gasteiger partial charge in [-0.1, -0.05) is 89.9 Å². The monoisotopic (exact) mass is 364 g/mol. The Morgan fingerprint density at radius 2 is 1.00 bits per heavy atom. The van der Waals surface area contributed by atoms with Crippen LogP contribution < -0.4 is 0 Å². The van der Waals surface area contributed by atoms with Crippen molar-refractivity contribution < 1.29 is 9.84 Å². The summed E-state index contributed by atoms with van der Waals surface area (Å²) in [5.41, 5.74) is 0. The number of rotatable bonds is 2. The minimum absolute atomic E-state index is 0.289. The molecule has 2 heteroatoms. The van der Waals surface area contributed by atoms with Gasteiger partial charge < -0.3 is 4.74 Å². The third-order valence-electron chi connectivity index (χ3n) is 6.34. The molecule has 2 fully saturated rings. The summed E-state index contributed by atoms with van der Waals surface area (Å²) in [6.45, 7) is 0. The zero-order valence-corrected chi connectivity index (χ0v) is 17.3. The number of hydrogen-bond acceptors (Lipinski definition) is 1. The third-order valence-corrected chi connectivity index (χ3v) is 6.34. The fraction of sp³-hybridized carbons (Fsp3) is 0.958. The largest absolute Gasteiger partial charge is 0.375 e. The number of ether oxygens (including phenoxy) is 1. The van der Waals surface area contributed by atoms with Crippen molar-refractivity contribution in [1.29, 1.82) is 0 Å². The van der Waals surface area contributed by atoms with Crippen LogP contribution in [-0.2, 0) is 9.84 Å². The molecule has 152 valence electrons. The van der Waals surface area contributed by atoms with Gasteiger partial charge in [-0.05, 0) is 44.9 Å². The highest BCUT2D eigenvalue weighted by atomic mass is 16.5. The molecule has 2 rings (SSSR count). The maximum Gasteiger partial charge on any atom is 0.0930 e. The first-order chi connectivity index (χ1) is 12.8. The maximum atomic E-state index is 11.9. The highest BCUT2D eigenvalue weighted by Crippen LogP contribution is 2.25. The molecule has 0 spiro atoms. The van der Waals surface area contributed by atoms with Crippen LogP contribution in [0.25, 0.3) is 0 Å². The van der Waals surface area contributed by atoms with E-state index in [1.165, 1.54) is 103 Å². The second kappa shape index (κ2) is 14.9. The molecule has 2 aliphatic carbocycles. The highest BCUT2D eigenvalue weighted by Gasteiger charge is 2.19. The zero-order chi connectivity index (χ0) is 18.3. The maximum absolute atomic E-state index is 11.9. The Bertz CT molecular complexity index is 291. The smallest absolute Gasteiger partial charge is 0.0930 e. The van der Waals surface area contributed by atoms with E-state index in [2.05, 4.69) is 6.42 Å². The van der Waals surface area contributed by atoms with E-state index in [4.69, 9.17) is 4.74 Å². The van der Waals surface area contributed by atoms with Gasteiger partial charge in [0.1, 0.15) is 0 Å². The first-order valence-electron chi connectivity index (χ1n) is 12.0. The summed E-state index contributed by atoms with van der Waals surface area (Å²) in [6.07, 6.45) is 28.1. The lowest BCUT2D eigenvalue weighted by Gasteiger charge is -2.27. The van der Waals surface area contributed by atoms with Gasteiger partial charge in [-0.25, -0.2) is 5.11 Å². The molecule has 2 nitrogen and oxygen atoms in total.